The first-order chi connectivity index (χ1) is 8.33. The first-order valence-electron chi connectivity index (χ1n) is 6.60. The monoisotopic (exact) mass is 253 g/mol. The van der Waals surface area contributed by atoms with Gasteiger partial charge in [0.1, 0.15) is 5.60 Å². The van der Waals surface area contributed by atoms with Gasteiger partial charge in [-0.15, -0.1) is 6.58 Å². The van der Waals surface area contributed by atoms with Crippen molar-refractivity contribution in [1.29, 1.82) is 0 Å². The molecule has 3 heteroatoms. The fourth-order valence-electron chi connectivity index (χ4n) is 3.16. The average molecular weight is 253 g/mol. The van der Waals surface area contributed by atoms with Gasteiger partial charge in [-0.2, -0.15) is 0 Å². The first-order valence-corrected chi connectivity index (χ1v) is 6.60. The number of nitrogens with two attached hydrogens (primary N) is 1. The Morgan fingerprint density at radius 3 is 2.67 bits per heavy atom. The van der Waals surface area contributed by atoms with Crippen molar-refractivity contribution in [3.63, 3.8) is 0 Å². The van der Waals surface area contributed by atoms with Gasteiger partial charge >= 0.3 is 0 Å². The van der Waals surface area contributed by atoms with E-state index in [1.165, 1.54) is 5.57 Å². The Morgan fingerprint density at radius 2 is 2.28 bits per heavy atom. The lowest BCUT2D eigenvalue weighted by Crippen LogP contribution is -2.48. The molecular weight excluding hydrogens is 226 g/mol. The molecule has 4 atom stereocenters. The van der Waals surface area contributed by atoms with Crippen molar-refractivity contribution in [3.05, 3.63) is 24.8 Å². The normalized spacial score (nSPS) is 35.8. The van der Waals surface area contributed by atoms with Crippen LogP contribution in [0, 0.1) is 17.3 Å². The average Bonchev–Trinajstić information content (AvgIpc) is 2.37. The lowest BCUT2D eigenvalue weighted by Gasteiger charge is -2.47. The van der Waals surface area contributed by atoms with E-state index in [9.17, 15) is 5.11 Å². The molecule has 0 spiro atoms. The predicted octanol–water partition coefficient (Wildman–Crippen LogP) is 2.81. The third kappa shape index (κ3) is 2.68. The van der Waals surface area contributed by atoms with Gasteiger partial charge in [-0.25, -0.2) is 5.90 Å². The summed E-state index contributed by atoms with van der Waals surface area (Å²) in [6, 6.07) is 0. The molecule has 3 N–H and O–H groups in total. The van der Waals surface area contributed by atoms with Gasteiger partial charge in [0.15, 0.2) is 0 Å². The predicted molar refractivity (Wildman–Crippen MR) is 74.7 cm³/mol. The Bertz CT molecular complexity index is 322. The van der Waals surface area contributed by atoms with Crippen LogP contribution in [0.1, 0.15) is 40.0 Å². The van der Waals surface area contributed by atoms with Crippen molar-refractivity contribution < 1.29 is 9.94 Å². The smallest absolute Gasteiger partial charge is 0.112 e. The zero-order valence-corrected chi connectivity index (χ0v) is 11.9. The maximum absolute atomic E-state index is 9.50. The SMILES string of the molecule is C=CC1(C)CCC([C@](C)(CO)ON)C[C@H]1C(=C)C. The summed E-state index contributed by atoms with van der Waals surface area (Å²) < 4.78 is 0. The van der Waals surface area contributed by atoms with Crippen molar-refractivity contribution in [3.8, 4) is 0 Å². The molecule has 3 nitrogen and oxygen atoms in total. The molecule has 0 saturated heterocycles. The standard InChI is InChI=1S/C15H27NO2/c1-6-14(4)8-7-12(9-13(14)11(2)3)15(5,10-17)18-16/h6,12-13,17H,1-2,7-10,16H2,3-5H3/t12?,13-,14?,15-/m0/s1. The maximum atomic E-state index is 9.50. The summed E-state index contributed by atoms with van der Waals surface area (Å²) in [5, 5.41) is 9.50. The lowest BCUT2D eigenvalue weighted by molar-refractivity contribution is -0.125. The summed E-state index contributed by atoms with van der Waals surface area (Å²) in [6.45, 7) is 14.2. The van der Waals surface area contributed by atoms with E-state index in [0.29, 0.717) is 5.92 Å². The third-order valence-corrected chi connectivity index (χ3v) is 4.86. The Labute approximate surface area is 111 Å². The highest BCUT2D eigenvalue weighted by molar-refractivity contribution is 5.13. The molecular formula is C15H27NO2. The molecule has 1 aliphatic carbocycles. The molecule has 0 aliphatic heterocycles. The van der Waals surface area contributed by atoms with Crippen LogP contribution in [-0.4, -0.2) is 17.3 Å². The van der Waals surface area contributed by atoms with Crippen molar-refractivity contribution in [2.24, 2.45) is 23.1 Å². The summed E-state index contributed by atoms with van der Waals surface area (Å²) in [5.74, 6) is 5.99. The van der Waals surface area contributed by atoms with Crippen LogP contribution in [0.25, 0.3) is 0 Å². The molecule has 0 aromatic rings. The molecule has 1 aliphatic rings. The van der Waals surface area contributed by atoms with Crippen LogP contribution < -0.4 is 5.90 Å². The number of allylic oxidation sites excluding steroid dienone is 2. The molecule has 0 aromatic carbocycles. The van der Waals surface area contributed by atoms with Crippen LogP contribution >= 0.6 is 0 Å². The summed E-state index contributed by atoms with van der Waals surface area (Å²) in [7, 11) is 0. The fraction of sp³-hybridized carbons (Fsp3) is 0.733. The number of rotatable bonds is 5. The topological polar surface area (TPSA) is 55.5 Å². The molecule has 0 radical (unpaired) electrons. The molecule has 1 rings (SSSR count). The van der Waals surface area contributed by atoms with Crippen LogP contribution in [-0.2, 0) is 4.84 Å². The van der Waals surface area contributed by atoms with Crippen LogP contribution in [0.4, 0.5) is 0 Å². The van der Waals surface area contributed by atoms with E-state index in [1.807, 2.05) is 13.0 Å². The second-order valence-electron chi connectivity index (χ2n) is 6.17. The van der Waals surface area contributed by atoms with E-state index in [0.717, 1.165) is 19.3 Å². The number of hydrogen-bond acceptors (Lipinski definition) is 3. The van der Waals surface area contributed by atoms with E-state index >= 15 is 0 Å². The highest BCUT2D eigenvalue weighted by atomic mass is 16.6. The zero-order valence-electron chi connectivity index (χ0n) is 11.9. The van der Waals surface area contributed by atoms with Gasteiger partial charge in [0.2, 0.25) is 0 Å². The quantitative estimate of drug-likeness (QED) is 0.585. The molecule has 1 fully saturated rings. The summed E-state index contributed by atoms with van der Waals surface area (Å²) in [5.41, 5.74) is 0.600. The number of hydrogen-bond donors (Lipinski definition) is 2. The third-order valence-electron chi connectivity index (χ3n) is 4.86. The van der Waals surface area contributed by atoms with Gasteiger partial charge in [0, 0.05) is 0 Å². The van der Waals surface area contributed by atoms with Gasteiger partial charge in [-0.05, 0) is 50.4 Å². The van der Waals surface area contributed by atoms with Gasteiger partial charge in [-0.1, -0.05) is 25.2 Å². The molecule has 1 saturated carbocycles. The van der Waals surface area contributed by atoms with Crippen molar-refractivity contribution >= 4 is 0 Å². The van der Waals surface area contributed by atoms with Gasteiger partial charge < -0.3 is 5.11 Å². The zero-order chi connectivity index (χ0) is 14.0. The molecule has 2 unspecified atom stereocenters. The molecule has 0 amide bonds. The summed E-state index contributed by atoms with van der Waals surface area (Å²) in [4.78, 5) is 5.05. The summed E-state index contributed by atoms with van der Waals surface area (Å²) in [6.07, 6.45) is 4.99. The van der Waals surface area contributed by atoms with E-state index in [-0.39, 0.29) is 17.9 Å². The van der Waals surface area contributed by atoms with Gasteiger partial charge in [0.05, 0.1) is 6.61 Å². The Morgan fingerprint density at radius 1 is 1.67 bits per heavy atom. The van der Waals surface area contributed by atoms with E-state index < -0.39 is 5.60 Å². The van der Waals surface area contributed by atoms with E-state index in [4.69, 9.17) is 10.7 Å². The lowest BCUT2D eigenvalue weighted by atomic mass is 9.60. The van der Waals surface area contributed by atoms with Crippen molar-refractivity contribution in [2.75, 3.05) is 6.61 Å². The highest BCUT2D eigenvalue weighted by Gasteiger charge is 2.45. The minimum atomic E-state index is -0.657. The number of aliphatic hydroxyl groups is 1. The minimum absolute atomic E-state index is 0.0537. The fourth-order valence-corrected chi connectivity index (χ4v) is 3.16. The van der Waals surface area contributed by atoms with Crippen LogP contribution in [0.15, 0.2) is 24.8 Å². The Kier molecular flexibility index (Phi) is 4.76. The van der Waals surface area contributed by atoms with Gasteiger partial charge in [-0.3, -0.25) is 4.84 Å². The van der Waals surface area contributed by atoms with Crippen LogP contribution in [0.2, 0.25) is 0 Å². The minimum Gasteiger partial charge on any atom is -0.393 e. The maximum Gasteiger partial charge on any atom is 0.112 e. The Hall–Kier alpha value is -0.640. The van der Waals surface area contributed by atoms with E-state index in [2.05, 4.69) is 27.0 Å². The second-order valence-corrected chi connectivity index (χ2v) is 6.17. The largest absolute Gasteiger partial charge is 0.393 e. The molecule has 0 heterocycles. The van der Waals surface area contributed by atoms with Gasteiger partial charge in [0.25, 0.3) is 0 Å². The highest BCUT2D eigenvalue weighted by Crippen LogP contribution is 2.49. The molecule has 18 heavy (non-hydrogen) atoms. The summed E-state index contributed by atoms with van der Waals surface area (Å²) >= 11 is 0. The number of aliphatic hydroxyl groups excluding tert-OH is 1. The second kappa shape index (κ2) is 5.55. The van der Waals surface area contributed by atoms with Crippen molar-refractivity contribution in [1.82, 2.24) is 0 Å². The molecule has 0 aromatic heterocycles. The van der Waals surface area contributed by atoms with Crippen LogP contribution in [0.5, 0.6) is 0 Å². The first kappa shape index (κ1) is 15.4. The molecule has 104 valence electrons. The Balaban J connectivity index is 2.94. The van der Waals surface area contributed by atoms with Crippen LogP contribution in [0.3, 0.4) is 0 Å². The van der Waals surface area contributed by atoms with E-state index in [1.54, 1.807) is 0 Å². The molecule has 0 bridgehead atoms. The van der Waals surface area contributed by atoms with Crippen molar-refractivity contribution in [2.45, 2.75) is 45.6 Å².